The van der Waals surface area contributed by atoms with Crippen molar-refractivity contribution in [2.24, 2.45) is 5.92 Å². The van der Waals surface area contributed by atoms with E-state index in [0.29, 0.717) is 34.8 Å². The van der Waals surface area contributed by atoms with Crippen molar-refractivity contribution in [3.05, 3.63) is 61.1 Å². The fourth-order valence-electron chi connectivity index (χ4n) is 4.07. The van der Waals surface area contributed by atoms with E-state index in [1.807, 2.05) is 6.92 Å². The lowest BCUT2D eigenvalue weighted by Gasteiger charge is -2.17. The molecular weight excluding hydrogens is 462 g/mol. The zero-order valence-corrected chi connectivity index (χ0v) is 19.7. The summed E-state index contributed by atoms with van der Waals surface area (Å²) in [5, 5.41) is 20.4. The molecule has 5 rings (SSSR count). The number of hydrogen-bond acceptors (Lipinski definition) is 9. The van der Waals surface area contributed by atoms with Crippen LogP contribution in [0, 0.1) is 16.0 Å². The molecule has 0 amide bonds. The first-order valence-corrected chi connectivity index (χ1v) is 12.5. The number of aromatic nitrogens is 4. The Hall–Kier alpha value is -3.05. The van der Waals surface area contributed by atoms with Gasteiger partial charge in [-0.15, -0.1) is 21.5 Å². The number of aryl methyl sites for hydroxylation is 1. The van der Waals surface area contributed by atoms with E-state index in [2.05, 4.69) is 17.1 Å². The van der Waals surface area contributed by atoms with Crippen molar-refractivity contribution in [2.45, 2.75) is 50.6 Å². The van der Waals surface area contributed by atoms with Crippen LogP contribution in [0.1, 0.15) is 36.6 Å². The van der Waals surface area contributed by atoms with Gasteiger partial charge in [-0.25, -0.2) is 4.98 Å². The summed E-state index contributed by atoms with van der Waals surface area (Å²) in [7, 11) is 0. The number of benzene rings is 1. The Morgan fingerprint density at radius 3 is 2.82 bits per heavy atom. The van der Waals surface area contributed by atoms with Gasteiger partial charge in [0.25, 0.3) is 11.2 Å². The highest BCUT2D eigenvalue weighted by Crippen LogP contribution is 2.36. The lowest BCUT2D eigenvalue weighted by molar-refractivity contribution is -0.384. The van der Waals surface area contributed by atoms with Crippen molar-refractivity contribution >= 4 is 39.0 Å². The predicted octanol–water partition coefficient (Wildman–Crippen LogP) is 4.85. The summed E-state index contributed by atoms with van der Waals surface area (Å²) >= 11 is 3.03. The van der Waals surface area contributed by atoms with Crippen LogP contribution in [0.15, 0.2) is 38.6 Å². The highest BCUT2D eigenvalue weighted by Gasteiger charge is 2.24. The number of non-ortho nitro benzene ring substituents is 1. The SMILES string of the molecule is CCn1c(SCc2nnc(-c3ccc([N+](=O)[O-])cc3)o2)nc2sc3c(c2c1=O)CC[C@H](C)C3. The number of nitro benzene ring substituents is 1. The van der Waals surface area contributed by atoms with E-state index in [9.17, 15) is 14.9 Å². The highest BCUT2D eigenvalue weighted by atomic mass is 32.2. The van der Waals surface area contributed by atoms with Crippen LogP contribution < -0.4 is 5.56 Å². The Morgan fingerprint density at radius 2 is 2.09 bits per heavy atom. The van der Waals surface area contributed by atoms with Gasteiger partial charge in [-0.1, -0.05) is 18.7 Å². The van der Waals surface area contributed by atoms with E-state index >= 15 is 0 Å². The molecule has 33 heavy (non-hydrogen) atoms. The van der Waals surface area contributed by atoms with Crippen LogP contribution in [-0.2, 0) is 25.1 Å². The van der Waals surface area contributed by atoms with Gasteiger partial charge in [-0.2, -0.15) is 0 Å². The smallest absolute Gasteiger partial charge is 0.269 e. The molecular formula is C22H21N5O4S2. The van der Waals surface area contributed by atoms with Crippen molar-refractivity contribution in [3.8, 4) is 11.5 Å². The largest absolute Gasteiger partial charge is 0.420 e. The lowest BCUT2D eigenvalue weighted by atomic mass is 9.89. The average Bonchev–Trinajstić information content (AvgIpc) is 3.42. The molecule has 1 aliphatic rings. The van der Waals surface area contributed by atoms with Crippen LogP contribution >= 0.6 is 23.1 Å². The Bertz CT molecular complexity index is 1410. The van der Waals surface area contributed by atoms with Crippen molar-refractivity contribution in [1.82, 2.24) is 19.7 Å². The maximum absolute atomic E-state index is 13.3. The van der Waals surface area contributed by atoms with Gasteiger partial charge in [0.1, 0.15) is 4.83 Å². The third kappa shape index (κ3) is 4.06. The molecule has 0 unspecified atom stereocenters. The molecule has 3 heterocycles. The Labute approximate surface area is 197 Å². The van der Waals surface area contributed by atoms with Crippen LogP contribution in [-0.4, -0.2) is 24.7 Å². The zero-order chi connectivity index (χ0) is 23.1. The minimum atomic E-state index is -0.457. The first-order valence-electron chi connectivity index (χ1n) is 10.7. The fourth-order valence-corrected chi connectivity index (χ4v) is 6.40. The van der Waals surface area contributed by atoms with Crippen LogP contribution in [0.3, 0.4) is 0 Å². The highest BCUT2D eigenvalue weighted by molar-refractivity contribution is 7.98. The zero-order valence-electron chi connectivity index (χ0n) is 18.1. The van der Waals surface area contributed by atoms with Gasteiger partial charge in [0.15, 0.2) is 5.16 Å². The molecule has 11 heteroatoms. The van der Waals surface area contributed by atoms with E-state index in [0.717, 1.165) is 29.5 Å². The molecule has 0 aliphatic heterocycles. The molecule has 170 valence electrons. The second-order valence-corrected chi connectivity index (χ2v) is 10.1. The predicted molar refractivity (Wildman–Crippen MR) is 127 cm³/mol. The van der Waals surface area contributed by atoms with E-state index in [1.54, 1.807) is 28.0 Å². The topological polar surface area (TPSA) is 117 Å². The number of rotatable bonds is 6. The lowest BCUT2D eigenvalue weighted by Crippen LogP contribution is -2.23. The van der Waals surface area contributed by atoms with Crippen LogP contribution in [0.4, 0.5) is 5.69 Å². The number of fused-ring (bicyclic) bond motifs is 3. The van der Waals surface area contributed by atoms with Gasteiger partial charge >= 0.3 is 0 Å². The normalized spacial score (nSPS) is 15.6. The monoisotopic (exact) mass is 483 g/mol. The summed E-state index contributed by atoms with van der Waals surface area (Å²) in [6.45, 7) is 4.73. The molecule has 3 aromatic heterocycles. The number of thiophene rings is 1. The average molecular weight is 484 g/mol. The first-order chi connectivity index (χ1) is 15.9. The minimum Gasteiger partial charge on any atom is -0.420 e. The van der Waals surface area contributed by atoms with E-state index in [1.165, 1.54) is 34.3 Å². The number of nitrogens with zero attached hydrogens (tertiary/aromatic N) is 5. The molecule has 0 saturated carbocycles. The van der Waals surface area contributed by atoms with E-state index < -0.39 is 4.92 Å². The molecule has 0 fully saturated rings. The second-order valence-electron chi connectivity index (χ2n) is 8.07. The molecule has 0 spiro atoms. The minimum absolute atomic E-state index is 0.00207. The maximum Gasteiger partial charge on any atom is 0.269 e. The maximum atomic E-state index is 13.3. The van der Waals surface area contributed by atoms with Crippen molar-refractivity contribution in [2.75, 3.05) is 0 Å². The van der Waals surface area contributed by atoms with Crippen molar-refractivity contribution in [1.29, 1.82) is 0 Å². The second kappa shape index (κ2) is 8.71. The van der Waals surface area contributed by atoms with Crippen LogP contribution in [0.2, 0.25) is 0 Å². The van der Waals surface area contributed by atoms with Gasteiger partial charge in [0.05, 0.1) is 16.1 Å². The quantitative estimate of drug-likeness (QED) is 0.165. The molecule has 0 N–H and O–H groups in total. The summed E-state index contributed by atoms with van der Waals surface area (Å²) in [6, 6.07) is 5.95. The van der Waals surface area contributed by atoms with Gasteiger partial charge in [-0.3, -0.25) is 19.5 Å². The molecule has 0 saturated heterocycles. The Balaban J connectivity index is 1.40. The number of hydrogen-bond donors (Lipinski definition) is 0. The summed E-state index contributed by atoms with van der Waals surface area (Å²) in [5.41, 5.74) is 1.81. The molecule has 1 aromatic carbocycles. The van der Waals surface area contributed by atoms with Crippen molar-refractivity contribution in [3.63, 3.8) is 0 Å². The number of nitro groups is 1. The summed E-state index contributed by atoms with van der Waals surface area (Å²) in [5.74, 6) is 1.68. The fraction of sp³-hybridized carbons (Fsp3) is 0.364. The Morgan fingerprint density at radius 1 is 1.30 bits per heavy atom. The van der Waals surface area contributed by atoms with Gasteiger partial charge in [-0.05, 0) is 49.8 Å². The first kappa shape index (κ1) is 21.8. The van der Waals surface area contributed by atoms with Crippen LogP contribution in [0.5, 0.6) is 0 Å². The standard InChI is InChI=1S/C22H21N5O4S2/c1-3-26-21(28)18-15-9-4-12(2)10-16(15)33-20(18)23-22(26)32-11-17-24-25-19(31-17)13-5-7-14(8-6-13)27(29)30/h5-8,12H,3-4,9-11H2,1-2H3/t12-/m0/s1. The molecule has 1 atom stereocenters. The van der Waals surface area contributed by atoms with Gasteiger partial charge < -0.3 is 4.42 Å². The van der Waals surface area contributed by atoms with E-state index in [4.69, 9.17) is 9.40 Å². The third-order valence-corrected chi connectivity index (χ3v) is 7.92. The molecule has 0 bridgehead atoms. The summed E-state index contributed by atoms with van der Waals surface area (Å²) in [6.07, 6.45) is 3.06. The molecule has 9 nitrogen and oxygen atoms in total. The van der Waals surface area contributed by atoms with Crippen LogP contribution in [0.25, 0.3) is 21.7 Å². The molecule has 4 aromatic rings. The summed E-state index contributed by atoms with van der Waals surface area (Å²) in [4.78, 5) is 30.6. The molecule has 1 aliphatic carbocycles. The Kier molecular flexibility index (Phi) is 5.75. The molecule has 0 radical (unpaired) electrons. The third-order valence-electron chi connectivity index (χ3n) is 5.81. The van der Waals surface area contributed by atoms with Gasteiger partial charge in [0.2, 0.25) is 11.8 Å². The van der Waals surface area contributed by atoms with E-state index in [-0.39, 0.29) is 17.1 Å². The van der Waals surface area contributed by atoms with Gasteiger partial charge in [0, 0.05) is 29.1 Å². The van der Waals surface area contributed by atoms with Crippen molar-refractivity contribution < 1.29 is 9.34 Å². The number of thioether (sulfide) groups is 1. The summed E-state index contributed by atoms with van der Waals surface area (Å²) < 4.78 is 7.45.